The van der Waals surface area contributed by atoms with Gasteiger partial charge >= 0.3 is 0 Å². The van der Waals surface area contributed by atoms with E-state index in [1.807, 2.05) is 11.9 Å². The van der Waals surface area contributed by atoms with Gasteiger partial charge in [0.1, 0.15) is 5.75 Å². The minimum Gasteiger partial charge on any atom is -0.496 e. The van der Waals surface area contributed by atoms with Crippen molar-refractivity contribution in [2.45, 2.75) is 26.2 Å². The molecule has 0 aliphatic carbocycles. The first-order chi connectivity index (χ1) is 11.0. The van der Waals surface area contributed by atoms with Crippen LogP contribution in [0.1, 0.15) is 35.7 Å². The van der Waals surface area contributed by atoms with E-state index in [-0.39, 0.29) is 30.5 Å². The lowest BCUT2D eigenvalue weighted by molar-refractivity contribution is -0.132. The number of ether oxygens (including phenoxy) is 1. The molecule has 1 atom stereocenters. The third-order valence-corrected chi connectivity index (χ3v) is 4.39. The fourth-order valence-electron chi connectivity index (χ4n) is 3.16. The maximum atomic E-state index is 12.6. The summed E-state index contributed by atoms with van der Waals surface area (Å²) in [6.45, 7) is 4.08. The van der Waals surface area contributed by atoms with Crippen LogP contribution in [0.3, 0.4) is 0 Å². The Hall–Kier alpha value is -1.59. The molecule has 0 saturated carbocycles. The lowest BCUT2D eigenvalue weighted by atomic mass is 9.97. The van der Waals surface area contributed by atoms with Crippen molar-refractivity contribution < 1.29 is 14.3 Å². The molecule has 1 aromatic carbocycles. The number of benzene rings is 1. The monoisotopic (exact) mass is 354 g/mol. The van der Waals surface area contributed by atoms with Gasteiger partial charge in [0.25, 0.3) is 0 Å². The van der Waals surface area contributed by atoms with Crippen LogP contribution >= 0.6 is 12.4 Å². The fourth-order valence-corrected chi connectivity index (χ4v) is 3.16. The number of piperidine rings is 1. The van der Waals surface area contributed by atoms with Gasteiger partial charge in [-0.3, -0.25) is 9.59 Å². The zero-order valence-electron chi connectivity index (χ0n) is 14.6. The number of hydrogen-bond acceptors (Lipinski definition) is 4. The molecule has 1 fully saturated rings. The van der Waals surface area contributed by atoms with E-state index in [1.165, 1.54) is 6.92 Å². The number of hydrogen-bond donors (Lipinski definition) is 1. The Bertz CT molecular complexity index is 575. The Balaban J connectivity index is 0.00000288. The van der Waals surface area contributed by atoms with E-state index in [9.17, 15) is 9.59 Å². The number of ketones is 1. The molecule has 0 bridgehead atoms. The molecule has 1 N–H and O–H groups in total. The molecule has 1 aliphatic rings. The minimum atomic E-state index is -0.00610. The first-order valence-corrected chi connectivity index (χ1v) is 8.15. The van der Waals surface area contributed by atoms with Crippen LogP contribution in [0.2, 0.25) is 0 Å². The van der Waals surface area contributed by atoms with E-state index >= 15 is 0 Å². The average molecular weight is 355 g/mol. The number of carbonyl (C=O) groups is 2. The first kappa shape index (κ1) is 20.5. The van der Waals surface area contributed by atoms with Gasteiger partial charge in [0, 0.05) is 24.2 Å². The van der Waals surface area contributed by atoms with Crippen molar-refractivity contribution in [2.75, 3.05) is 33.8 Å². The Morgan fingerprint density at radius 2 is 2.12 bits per heavy atom. The van der Waals surface area contributed by atoms with Crippen molar-refractivity contribution in [3.63, 3.8) is 0 Å². The fraction of sp³-hybridized carbons (Fsp3) is 0.556. The standard InChI is InChI=1S/C18H26N2O3.ClH/c1-13(21)15-6-7-17(23-3)16(9-15)10-18(22)20-8-4-5-14(12-20)11-19-2;/h6-7,9,14,19H,4-5,8,10-12H2,1-3H3;1H. The van der Waals surface area contributed by atoms with Gasteiger partial charge in [0.15, 0.2) is 5.78 Å². The van der Waals surface area contributed by atoms with Crippen molar-refractivity contribution in [1.29, 1.82) is 0 Å². The summed E-state index contributed by atoms with van der Waals surface area (Å²) in [4.78, 5) is 26.1. The van der Waals surface area contributed by atoms with E-state index in [0.29, 0.717) is 17.2 Å². The molecule has 0 aromatic heterocycles. The number of nitrogens with zero attached hydrogens (tertiary/aromatic N) is 1. The van der Waals surface area contributed by atoms with Crippen molar-refractivity contribution in [1.82, 2.24) is 10.2 Å². The van der Waals surface area contributed by atoms with E-state index in [4.69, 9.17) is 4.74 Å². The van der Waals surface area contributed by atoms with Gasteiger partial charge in [-0.2, -0.15) is 0 Å². The van der Waals surface area contributed by atoms with Crippen molar-refractivity contribution in [3.8, 4) is 5.75 Å². The lowest BCUT2D eigenvalue weighted by Gasteiger charge is -2.33. The number of rotatable bonds is 6. The summed E-state index contributed by atoms with van der Waals surface area (Å²) in [5, 5.41) is 3.19. The second-order valence-electron chi connectivity index (χ2n) is 6.17. The summed E-state index contributed by atoms with van der Waals surface area (Å²) >= 11 is 0. The van der Waals surface area contributed by atoms with Gasteiger partial charge in [-0.25, -0.2) is 0 Å². The zero-order chi connectivity index (χ0) is 16.8. The quantitative estimate of drug-likeness (QED) is 0.796. The SMILES string of the molecule is CNCC1CCCN(C(=O)Cc2cc(C(C)=O)ccc2OC)C1.Cl. The maximum absolute atomic E-state index is 12.6. The summed E-state index contributed by atoms with van der Waals surface area (Å²) < 4.78 is 5.34. The van der Waals surface area contributed by atoms with Crippen LogP contribution in [-0.4, -0.2) is 50.4 Å². The molecule has 2 rings (SSSR count). The predicted molar refractivity (Wildman–Crippen MR) is 97.2 cm³/mol. The maximum Gasteiger partial charge on any atom is 0.227 e. The topological polar surface area (TPSA) is 58.6 Å². The van der Waals surface area contributed by atoms with Gasteiger partial charge in [-0.15, -0.1) is 12.4 Å². The Morgan fingerprint density at radius 3 is 2.75 bits per heavy atom. The van der Waals surface area contributed by atoms with Crippen molar-refractivity contribution >= 4 is 24.1 Å². The molecule has 0 radical (unpaired) electrons. The largest absolute Gasteiger partial charge is 0.496 e. The number of methoxy groups -OCH3 is 1. The van der Waals surface area contributed by atoms with Crippen LogP contribution in [0.15, 0.2) is 18.2 Å². The van der Waals surface area contributed by atoms with Crippen molar-refractivity contribution in [2.24, 2.45) is 5.92 Å². The Morgan fingerprint density at radius 1 is 1.38 bits per heavy atom. The summed E-state index contributed by atoms with van der Waals surface area (Å²) in [5.41, 5.74) is 1.39. The van der Waals surface area contributed by atoms with Gasteiger partial charge < -0.3 is 15.0 Å². The highest BCUT2D eigenvalue weighted by molar-refractivity contribution is 5.94. The predicted octanol–water partition coefficient (Wildman–Crippen LogP) is 2.32. The van der Waals surface area contributed by atoms with Crippen LogP contribution in [-0.2, 0) is 11.2 Å². The molecule has 0 spiro atoms. The molecule has 1 heterocycles. The number of Topliss-reactive ketones (excluding diaryl/α,β-unsaturated/α-hetero) is 1. The number of likely N-dealkylation sites (tertiary alicyclic amines) is 1. The number of carbonyl (C=O) groups excluding carboxylic acids is 2. The van der Waals surface area contributed by atoms with Crippen LogP contribution in [0.5, 0.6) is 5.75 Å². The lowest BCUT2D eigenvalue weighted by Crippen LogP contribution is -2.43. The number of amides is 1. The van der Waals surface area contributed by atoms with Gasteiger partial charge in [0.05, 0.1) is 13.5 Å². The molecule has 1 amide bonds. The Kier molecular flexibility index (Phi) is 8.22. The highest BCUT2D eigenvalue weighted by atomic mass is 35.5. The van der Waals surface area contributed by atoms with Crippen LogP contribution in [0.25, 0.3) is 0 Å². The Labute approximate surface area is 150 Å². The molecular weight excluding hydrogens is 328 g/mol. The summed E-state index contributed by atoms with van der Waals surface area (Å²) in [7, 11) is 3.53. The molecular formula is C18H27ClN2O3. The third-order valence-electron chi connectivity index (χ3n) is 4.39. The molecule has 1 aromatic rings. The van der Waals surface area contributed by atoms with E-state index < -0.39 is 0 Å². The highest BCUT2D eigenvalue weighted by Crippen LogP contribution is 2.23. The average Bonchev–Trinajstić information content (AvgIpc) is 2.55. The van der Waals surface area contributed by atoms with Crippen LogP contribution in [0.4, 0.5) is 0 Å². The van der Waals surface area contributed by atoms with Crippen molar-refractivity contribution in [3.05, 3.63) is 29.3 Å². The first-order valence-electron chi connectivity index (χ1n) is 8.15. The summed E-state index contributed by atoms with van der Waals surface area (Å²) in [6.07, 6.45) is 2.48. The number of halogens is 1. The molecule has 1 saturated heterocycles. The molecule has 1 aliphatic heterocycles. The van der Waals surface area contributed by atoms with Gasteiger partial charge in [-0.1, -0.05) is 0 Å². The van der Waals surface area contributed by atoms with Gasteiger partial charge in [-0.05, 0) is 57.5 Å². The molecule has 134 valence electrons. The third kappa shape index (κ3) is 5.21. The van der Waals surface area contributed by atoms with E-state index in [0.717, 1.165) is 38.0 Å². The normalized spacial score (nSPS) is 17.1. The van der Waals surface area contributed by atoms with Crippen LogP contribution < -0.4 is 10.1 Å². The second kappa shape index (κ2) is 9.64. The molecule has 1 unspecified atom stereocenters. The summed E-state index contributed by atoms with van der Waals surface area (Å²) in [5.74, 6) is 1.27. The van der Waals surface area contributed by atoms with Gasteiger partial charge in [0.2, 0.25) is 5.91 Å². The van der Waals surface area contributed by atoms with Crippen LogP contribution in [0, 0.1) is 5.92 Å². The molecule has 24 heavy (non-hydrogen) atoms. The minimum absolute atomic E-state index is 0. The summed E-state index contributed by atoms with van der Waals surface area (Å²) in [6, 6.07) is 5.27. The van der Waals surface area contributed by atoms with E-state index in [1.54, 1.807) is 25.3 Å². The molecule has 6 heteroatoms. The zero-order valence-corrected chi connectivity index (χ0v) is 15.4. The smallest absolute Gasteiger partial charge is 0.227 e. The highest BCUT2D eigenvalue weighted by Gasteiger charge is 2.24. The molecule has 5 nitrogen and oxygen atoms in total. The number of nitrogens with one attached hydrogen (secondary N) is 1. The second-order valence-corrected chi connectivity index (χ2v) is 6.17. The van der Waals surface area contributed by atoms with E-state index in [2.05, 4.69) is 5.32 Å².